The number of imide groups is 1. The van der Waals surface area contributed by atoms with E-state index in [0.717, 1.165) is 11.3 Å². The van der Waals surface area contributed by atoms with E-state index in [1.165, 1.54) is 24.3 Å². The van der Waals surface area contributed by atoms with Crippen molar-refractivity contribution in [2.75, 3.05) is 4.90 Å². The van der Waals surface area contributed by atoms with E-state index in [9.17, 15) is 19.7 Å². The number of hydrogen-bond acceptors (Lipinski definition) is 4. The largest absolute Gasteiger partial charge is 0.329 e. The van der Waals surface area contributed by atoms with E-state index in [4.69, 9.17) is 0 Å². The molecule has 3 amide bonds. The van der Waals surface area contributed by atoms with Gasteiger partial charge in [0.25, 0.3) is 11.6 Å². The number of nitrogens with one attached hydrogen (secondary N) is 1. The Hall–Kier alpha value is -2.44. The first-order chi connectivity index (χ1) is 9.45. The molecule has 7 nitrogen and oxygen atoms in total. The van der Waals surface area contributed by atoms with Crippen LogP contribution in [-0.2, 0) is 4.79 Å². The van der Waals surface area contributed by atoms with Gasteiger partial charge >= 0.3 is 6.03 Å². The molecule has 1 heterocycles. The lowest BCUT2D eigenvalue weighted by Gasteiger charge is -2.16. The molecule has 1 aromatic carbocycles. The number of nitrogens with zero attached hydrogens (tertiary/aromatic N) is 2. The van der Waals surface area contributed by atoms with Gasteiger partial charge < -0.3 is 5.32 Å². The minimum atomic E-state index is -0.577. The summed E-state index contributed by atoms with van der Waals surface area (Å²) >= 11 is 0. The molecule has 20 heavy (non-hydrogen) atoms. The lowest BCUT2D eigenvalue weighted by Crippen LogP contribution is -2.35. The second-order valence-corrected chi connectivity index (χ2v) is 4.76. The molecule has 1 aromatic rings. The molecule has 1 N–H and O–H groups in total. The Morgan fingerprint density at radius 3 is 2.75 bits per heavy atom. The van der Waals surface area contributed by atoms with Crippen LogP contribution in [-0.4, -0.2) is 22.9 Å². The number of anilines is 1. The van der Waals surface area contributed by atoms with Gasteiger partial charge in [0.15, 0.2) is 0 Å². The molecule has 1 fully saturated rings. The molecule has 0 bridgehead atoms. The number of nitro groups is 1. The van der Waals surface area contributed by atoms with Gasteiger partial charge in [0, 0.05) is 12.1 Å². The van der Waals surface area contributed by atoms with Gasteiger partial charge in [-0.05, 0) is 12.0 Å². The van der Waals surface area contributed by atoms with Gasteiger partial charge in [-0.25, -0.2) is 9.69 Å². The number of non-ortho nitro benzene ring substituents is 1. The molecule has 0 spiro atoms. The van der Waals surface area contributed by atoms with Crippen LogP contribution in [0.2, 0.25) is 0 Å². The molecule has 1 aliphatic rings. The van der Waals surface area contributed by atoms with Crippen LogP contribution >= 0.6 is 0 Å². The van der Waals surface area contributed by atoms with Gasteiger partial charge in [-0.3, -0.25) is 14.9 Å². The summed E-state index contributed by atoms with van der Waals surface area (Å²) in [5.41, 5.74) is 0.0580. The molecule has 0 aliphatic carbocycles. The summed E-state index contributed by atoms with van der Waals surface area (Å²) in [6, 6.07) is 4.37. The van der Waals surface area contributed by atoms with Crippen molar-refractivity contribution < 1.29 is 14.5 Å². The topological polar surface area (TPSA) is 92.6 Å². The number of carbonyl (C=O) groups is 2. The second-order valence-electron chi connectivity index (χ2n) is 4.76. The zero-order valence-corrected chi connectivity index (χ0v) is 11.2. The molecule has 1 aliphatic heterocycles. The summed E-state index contributed by atoms with van der Waals surface area (Å²) < 4.78 is 0. The number of hydrogen-bond donors (Lipinski definition) is 1. The van der Waals surface area contributed by atoms with E-state index in [0.29, 0.717) is 0 Å². The lowest BCUT2D eigenvalue weighted by molar-refractivity contribution is -0.384. The summed E-state index contributed by atoms with van der Waals surface area (Å²) in [6.07, 6.45) is 0.749. The molecule has 2 rings (SSSR count). The maximum Gasteiger partial charge on any atom is 0.329 e. The van der Waals surface area contributed by atoms with Crippen molar-refractivity contribution in [2.24, 2.45) is 5.92 Å². The highest BCUT2D eigenvalue weighted by Crippen LogP contribution is 2.26. The van der Waals surface area contributed by atoms with Crippen LogP contribution in [0.5, 0.6) is 0 Å². The highest BCUT2D eigenvalue weighted by molar-refractivity contribution is 6.21. The van der Waals surface area contributed by atoms with Crippen LogP contribution in [0.15, 0.2) is 24.3 Å². The van der Waals surface area contributed by atoms with Crippen molar-refractivity contribution in [2.45, 2.75) is 26.3 Å². The minimum Gasteiger partial charge on any atom is -0.325 e. The van der Waals surface area contributed by atoms with Crippen molar-refractivity contribution >= 4 is 23.3 Å². The Balaban J connectivity index is 2.33. The monoisotopic (exact) mass is 277 g/mol. The van der Waals surface area contributed by atoms with E-state index in [2.05, 4.69) is 5.32 Å². The zero-order valence-electron chi connectivity index (χ0n) is 11.2. The van der Waals surface area contributed by atoms with E-state index < -0.39 is 17.0 Å². The van der Waals surface area contributed by atoms with Crippen molar-refractivity contribution in [3.8, 4) is 0 Å². The molecule has 0 saturated carbocycles. The number of benzene rings is 1. The standard InChI is InChI=1S/C13H15N3O4/c1-3-8(2)11-12(17)15(13(18)14-11)9-5-4-6-10(7-9)16(19)20/h4-8,11H,3H2,1-2H3,(H,14,18). The molecule has 0 aromatic heterocycles. The Morgan fingerprint density at radius 2 is 2.15 bits per heavy atom. The summed E-state index contributed by atoms with van der Waals surface area (Å²) in [6.45, 7) is 3.81. The average molecular weight is 277 g/mol. The fourth-order valence-electron chi connectivity index (χ4n) is 2.11. The normalized spacial score (nSPS) is 19.9. The second kappa shape index (κ2) is 5.28. The molecule has 2 atom stereocenters. The Kier molecular flexibility index (Phi) is 3.69. The van der Waals surface area contributed by atoms with Crippen molar-refractivity contribution in [1.82, 2.24) is 5.32 Å². The van der Waals surface area contributed by atoms with Crippen LogP contribution in [0.1, 0.15) is 20.3 Å². The smallest absolute Gasteiger partial charge is 0.325 e. The number of nitro benzene ring substituents is 1. The van der Waals surface area contributed by atoms with Crippen LogP contribution in [0.25, 0.3) is 0 Å². The molecule has 7 heteroatoms. The maximum absolute atomic E-state index is 12.3. The van der Waals surface area contributed by atoms with Crippen molar-refractivity contribution in [3.63, 3.8) is 0 Å². The van der Waals surface area contributed by atoms with Crippen LogP contribution < -0.4 is 10.2 Å². The predicted octanol–water partition coefficient (Wildman–Crippen LogP) is 2.07. The van der Waals surface area contributed by atoms with Gasteiger partial charge in [0.1, 0.15) is 6.04 Å². The SMILES string of the molecule is CCC(C)C1NC(=O)N(c2cccc([N+](=O)[O-])c2)C1=O. The molecule has 2 unspecified atom stereocenters. The molecular formula is C13H15N3O4. The summed E-state index contributed by atoms with van der Waals surface area (Å²) in [5, 5.41) is 13.4. The fourth-order valence-corrected chi connectivity index (χ4v) is 2.11. The predicted molar refractivity (Wildman–Crippen MR) is 72.4 cm³/mol. The van der Waals surface area contributed by atoms with E-state index >= 15 is 0 Å². The molecule has 1 saturated heterocycles. The highest BCUT2D eigenvalue weighted by Gasteiger charge is 2.41. The summed E-state index contributed by atoms with van der Waals surface area (Å²) in [4.78, 5) is 35.3. The van der Waals surface area contributed by atoms with E-state index in [-0.39, 0.29) is 23.2 Å². The summed E-state index contributed by atoms with van der Waals surface area (Å²) in [7, 11) is 0. The van der Waals surface area contributed by atoms with Crippen LogP contribution in [0, 0.1) is 16.0 Å². The van der Waals surface area contributed by atoms with Crippen molar-refractivity contribution in [3.05, 3.63) is 34.4 Å². The Labute approximate surface area is 115 Å². The van der Waals surface area contributed by atoms with Gasteiger partial charge in [-0.15, -0.1) is 0 Å². The first kappa shape index (κ1) is 14.0. The third kappa shape index (κ3) is 2.34. The van der Waals surface area contributed by atoms with Gasteiger partial charge in [0.05, 0.1) is 10.6 Å². The van der Waals surface area contributed by atoms with Crippen LogP contribution in [0.3, 0.4) is 0 Å². The van der Waals surface area contributed by atoms with Gasteiger partial charge in [0.2, 0.25) is 0 Å². The maximum atomic E-state index is 12.3. The Bertz CT molecular complexity index is 572. The lowest BCUT2D eigenvalue weighted by atomic mass is 9.99. The number of rotatable bonds is 4. The molecular weight excluding hydrogens is 262 g/mol. The van der Waals surface area contributed by atoms with E-state index in [1.54, 1.807) is 0 Å². The number of carbonyl (C=O) groups excluding carboxylic acids is 2. The van der Waals surface area contributed by atoms with Crippen LogP contribution in [0.4, 0.5) is 16.2 Å². The van der Waals surface area contributed by atoms with E-state index in [1.807, 2.05) is 13.8 Å². The third-order valence-electron chi connectivity index (χ3n) is 3.48. The van der Waals surface area contributed by atoms with Crippen molar-refractivity contribution in [1.29, 1.82) is 0 Å². The molecule has 106 valence electrons. The highest BCUT2D eigenvalue weighted by atomic mass is 16.6. The minimum absolute atomic E-state index is 0.00940. The first-order valence-electron chi connectivity index (χ1n) is 6.34. The Morgan fingerprint density at radius 1 is 1.45 bits per heavy atom. The fraction of sp³-hybridized carbons (Fsp3) is 0.385. The van der Waals surface area contributed by atoms with Gasteiger partial charge in [-0.2, -0.15) is 0 Å². The molecule has 0 radical (unpaired) electrons. The number of amides is 3. The number of urea groups is 1. The third-order valence-corrected chi connectivity index (χ3v) is 3.48. The first-order valence-corrected chi connectivity index (χ1v) is 6.34. The summed E-state index contributed by atoms with van der Waals surface area (Å²) in [5.74, 6) is -0.361. The average Bonchev–Trinajstić information content (AvgIpc) is 2.73. The van der Waals surface area contributed by atoms with Gasteiger partial charge in [-0.1, -0.05) is 26.3 Å². The quantitative estimate of drug-likeness (QED) is 0.518. The zero-order chi connectivity index (χ0) is 14.9.